The van der Waals surface area contributed by atoms with Crippen LogP contribution in [0.5, 0.6) is 5.88 Å². The molecule has 1 amide bonds. The normalized spacial score (nSPS) is 11.6. The van der Waals surface area contributed by atoms with Gasteiger partial charge in [-0.2, -0.15) is 13.2 Å². The lowest BCUT2D eigenvalue weighted by Crippen LogP contribution is -2.24. The van der Waals surface area contributed by atoms with E-state index >= 15 is 0 Å². The zero-order valence-electron chi connectivity index (χ0n) is 16.5. The number of rotatable bonds is 7. The van der Waals surface area contributed by atoms with E-state index < -0.39 is 18.7 Å². The number of amides is 1. The molecule has 0 atom stereocenters. The Labute approximate surface area is 180 Å². The highest BCUT2D eigenvalue weighted by molar-refractivity contribution is 6.30. The van der Waals surface area contributed by atoms with Gasteiger partial charge < -0.3 is 14.6 Å². The van der Waals surface area contributed by atoms with Crippen LogP contribution in [0, 0.1) is 0 Å². The molecule has 3 rings (SSSR count). The topological polar surface area (TPSA) is 90.1 Å². The van der Waals surface area contributed by atoms with Crippen molar-refractivity contribution in [3.05, 3.63) is 58.6 Å². The number of aromatic nitrogens is 3. The zero-order valence-corrected chi connectivity index (χ0v) is 17.3. The van der Waals surface area contributed by atoms with E-state index in [0.29, 0.717) is 16.3 Å². The fourth-order valence-corrected chi connectivity index (χ4v) is 2.65. The Hall–Kier alpha value is -3.14. The second-order valence-electron chi connectivity index (χ2n) is 6.91. The lowest BCUT2D eigenvalue weighted by molar-refractivity contribution is -0.154. The van der Waals surface area contributed by atoms with Gasteiger partial charge in [-0.15, -0.1) is 10.2 Å². The summed E-state index contributed by atoms with van der Waals surface area (Å²) in [6.07, 6.45) is -4.55. The molecule has 0 bridgehead atoms. The maximum Gasteiger partial charge on any atom is 0.422 e. The maximum atomic E-state index is 12.6. The Balaban J connectivity index is 1.81. The van der Waals surface area contributed by atoms with Gasteiger partial charge in [0.05, 0.1) is 12.2 Å². The van der Waals surface area contributed by atoms with Crippen LogP contribution in [0.15, 0.2) is 40.9 Å². The largest absolute Gasteiger partial charge is 0.467 e. The number of hydrogen-bond donors (Lipinski definition) is 1. The number of carbonyl (C=O) groups excluding carboxylic acids is 1. The van der Waals surface area contributed by atoms with Crippen molar-refractivity contribution in [2.75, 3.05) is 6.61 Å². The first kappa shape index (κ1) is 22.5. The molecule has 0 aliphatic heterocycles. The maximum absolute atomic E-state index is 12.6. The van der Waals surface area contributed by atoms with Crippen LogP contribution in [0.2, 0.25) is 5.02 Å². The fourth-order valence-electron chi connectivity index (χ4n) is 2.53. The van der Waals surface area contributed by atoms with Crippen LogP contribution in [0.3, 0.4) is 0 Å². The number of nitrogens with zero attached hydrogens (tertiary/aromatic N) is 3. The van der Waals surface area contributed by atoms with Crippen molar-refractivity contribution >= 4 is 17.5 Å². The smallest absolute Gasteiger partial charge is 0.422 e. The second kappa shape index (κ2) is 9.34. The first-order valence-corrected chi connectivity index (χ1v) is 9.57. The molecule has 1 aromatic carbocycles. The molecule has 0 fully saturated rings. The molecule has 0 saturated heterocycles. The second-order valence-corrected chi connectivity index (χ2v) is 7.35. The van der Waals surface area contributed by atoms with Crippen LogP contribution < -0.4 is 10.1 Å². The highest BCUT2D eigenvalue weighted by Gasteiger charge is 2.29. The minimum absolute atomic E-state index is 0.0584. The number of ether oxygens (including phenoxy) is 1. The summed E-state index contributed by atoms with van der Waals surface area (Å²) >= 11 is 5.88. The fraction of sp³-hybridized carbons (Fsp3) is 0.300. The van der Waals surface area contributed by atoms with Crippen molar-refractivity contribution in [2.24, 2.45) is 0 Å². The first-order valence-electron chi connectivity index (χ1n) is 9.19. The first-order chi connectivity index (χ1) is 14.6. The van der Waals surface area contributed by atoms with Crippen LogP contribution in [0.4, 0.5) is 13.2 Å². The molecular weight excluding hydrogens is 437 g/mol. The number of carbonyl (C=O) groups is 1. The van der Waals surface area contributed by atoms with Gasteiger partial charge in [0, 0.05) is 16.7 Å². The van der Waals surface area contributed by atoms with E-state index in [-0.39, 0.29) is 29.6 Å². The van der Waals surface area contributed by atoms with Gasteiger partial charge in [0.25, 0.3) is 5.91 Å². The van der Waals surface area contributed by atoms with Gasteiger partial charge in [0.2, 0.25) is 5.88 Å². The van der Waals surface area contributed by atoms with E-state index in [1.807, 2.05) is 13.8 Å². The molecule has 164 valence electrons. The third kappa shape index (κ3) is 6.17. The van der Waals surface area contributed by atoms with Crippen LogP contribution in [-0.2, 0) is 6.54 Å². The van der Waals surface area contributed by atoms with E-state index in [2.05, 4.69) is 20.7 Å². The molecule has 0 saturated carbocycles. The molecule has 2 heterocycles. The molecule has 0 radical (unpaired) electrons. The van der Waals surface area contributed by atoms with Gasteiger partial charge in [-0.1, -0.05) is 42.7 Å². The minimum atomic E-state index is -4.55. The van der Waals surface area contributed by atoms with Crippen molar-refractivity contribution in [1.29, 1.82) is 0 Å². The summed E-state index contributed by atoms with van der Waals surface area (Å²) in [5.41, 5.74) is 1.28. The number of hydrogen-bond acceptors (Lipinski definition) is 6. The quantitative estimate of drug-likeness (QED) is 0.552. The molecule has 0 aliphatic carbocycles. The Morgan fingerprint density at radius 1 is 1.19 bits per heavy atom. The van der Waals surface area contributed by atoms with E-state index in [1.54, 1.807) is 30.3 Å². The average molecular weight is 455 g/mol. The van der Waals surface area contributed by atoms with Crippen LogP contribution in [0.25, 0.3) is 11.1 Å². The highest BCUT2D eigenvalue weighted by Crippen LogP contribution is 2.30. The monoisotopic (exact) mass is 454 g/mol. The molecular formula is C20H18ClF3N4O3. The molecule has 11 heteroatoms. The van der Waals surface area contributed by atoms with Crippen LogP contribution in [-0.4, -0.2) is 34.0 Å². The molecule has 0 spiro atoms. The van der Waals surface area contributed by atoms with Crippen LogP contribution >= 0.6 is 11.6 Å². The summed E-state index contributed by atoms with van der Waals surface area (Å²) in [4.78, 5) is 12.5. The summed E-state index contributed by atoms with van der Waals surface area (Å²) in [7, 11) is 0. The molecule has 3 aromatic rings. The Kier molecular flexibility index (Phi) is 6.79. The summed E-state index contributed by atoms with van der Waals surface area (Å²) in [5, 5.41) is 14.3. The van der Waals surface area contributed by atoms with Gasteiger partial charge in [0.15, 0.2) is 18.1 Å². The van der Waals surface area contributed by atoms with E-state index in [0.717, 1.165) is 5.69 Å². The minimum Gasteiger partial charge on any atom is -0.467 e. The number of nitrogens with one attached hydrogen (secondary N) is 1. The third-order valence-corrected chi connectivity index (χ3v) is 4.36. The summed E-state index contributed by atoms with van der Waals surface area (Å²) < 4.78 is 47.7. The van der Waals surface area contributed by atoms with E-state index in [1.165, 1.54) is 6.07 Å². The number of alkyl halides is 3. The predicted molar refractivity (Wildman–Crippen MR) is 106 cm³/mol. The number of halogens is 4. The highest BCUT2D eigenvalue weighted by atomic mass is 35.5. The predicted octanol–water partition coefficient (Wildman–Crippen LogP) is 4.78. The molecule has 2 aromatic heterocycles. The molecule has 0 unspecified atom stereocenters. The van der Waals surface area contributed by atoms with Gasteiger partial charge >= 0.3 is 6.18 Å². The van der Waals surface area contributed by atoms with E-state index in [4.69, 9.17) is 20.9 Å². The van der Waals surface area contributed by atoms with Gasteiger partial charge in [-0.3, -0.25) is 4.79 Å². The zero-order chi connectivity index (χ0) is 22.6. The summed E-state index contributed by atoms with van der Waals surface area (Å²) in [6.45, 7) is 2.42. The van der Waals surface area contributed by atoms with Crippen molar-refractivity contribution in [2.45, 2.75) is 32.5 Å². The third-order valence-electron chi connectivity index (χ3n) is 4.11. The summed E-state index contributed by atoms with van der Waals surface area (Å²) in [5.74, 6) is -0.320. The van der Waals surface area contributed by atoms with Crippen molar-refractivity contribution in [3.63, 3.8) is 0 Å². The molecule has 31 heavy (non-hydrogen) atoms. The van der Waals surface area contributed by atoms with Gasteiger partial charge in [-0.05, 0) is 29.7 Å². The Morgan fingerprint density at radius 3 is 2.52 bits per heavy atom. The van der Waals surface area contributed by atoms with Crippen molar-refractivity contribution in [3.8, 4) is 17.0 Å². The molecule has 7 nitrogen and oxygen atoms in total. The molecule has 1 N–H and O–H groups in total. The number of benzene rings is 1. The van der Waals surface area contributed by atoms with Crippen molar-refractivity contribution < 1.29 is 27.2 Å². The standard InChI is InChI=1S/C20H18ClF3N4O3/c1-11(2)16-7-14(31-28-16)9-25-18(29)17-8-15(12-3-5-13(21)6-4-12)19(27-26-17)30-10-20(22,23)24/h3-8,11H,9-10H2,1-2H3,(H,25,29). The Bertz CT molecular complexity index is 1050. The lowest BCUT2D eigenvalue weighted by Gasteiger charge is -2.13. The van der Waals surface area contributed by atoms with Crippen LogP contribution in [0.1, 0.15) is 41.7 Å². The Morgan fingerprint density at radius 2 is 1.90 bits per heavy atom. The van der Waals surface area contributed by atoms with Crippen molar-refractivity contribution in [1.82, 2.24) is 20.7 Å². The molecule has 0 aliphatic rings. The summed E-state index contributed by atoms with van der Waals surface area (Å²) in [6, 6.07) is 9.29. The van der Waals surface area contributed by atoms with E-state index in [9.17, 15) is 18.0 Å². The average Bonchev–Trinajstić information content (AvgIpc) is 3.20. The van der Waals surface area contributed by atoms with Gasteiger partial charge in [0.1, 0.15) is 0 Å². The lowest BCUT2D eigenvalue weighted by atomic mass is 10.1. The SMILES string of the molecule is CC(C)c1cc(CNC(=O)c2cc(-c3ccc(Cl)cc3)c(OCC(F)(F)F)nn2)on1. The van der Waals surface area contributed by atoms with Gasteiger partial charge in [-0.25, -0.2) is 0 Å².